The quantitative estimate of drug-likeness (QED) is 0.915. The van der Waals surface area contributed by atoms with Gasteiger partial charge in [-0.25, -0.2) is 0 Å². The van der Waals surface area contributed by atoms with Crippen molar-refractivity contribution in [2.24, 2.45) is 0 Å². The summed E-state index contributed by atoms with van der Waals surface area (Å²) in [7, 11) is 0. The number of rotatable bonds is 2. The Balaban J connectivity index is 1.91. The van der Waals surface area contributed by atoms with Gasteiger partial charge in [-0.05, 0) is 43.7 Å². The lowest BCUT2D eigenvalue weighted by Gasteiger charge is -2.36. The summed E-state index contributed by atoms with van der Waals surface area (Å²) in [6.45, 7) is 5.00. The van der Waals surface area contributed by atoms with Crippen LogP contribution in [0.1, 0.15) is 25.5 Å². The number of fused-ring (bicyclic) bond motifs is 1. The molecule has 0 bridgehead atoms. The zero-order chi connectivity index (χ0) is 13.5. The summed E-state index contributed by atoms with van der Waals surface area (Å²) in [5, 5.41) is 12.4. The molecule has 1 saturated heterocycles. The molecule has 2 heterocycles. The lowest BCUT2D eigenvalue weighted by atomic mass is 9.89. The van der Waals surface area contributed by atoms with E-state index in [2.05, 4.69) is 11.8 Å². The van der Waals surface area contributed by atoms with Gasteiger partial charge in [0.1, 0.15) is 16.9 Å². The van der Waals surface area contributed by atoms with E-state index in [1.807, 2.05) is 18.2 Å². The molecule has 1 aromatic heterocycles. The summed E-state index contributed by atoms with van der Waals surface area (Å²) < 4.78 is 5.81. The highest BCUT2D eigenvalue weighted by Gasteiger charge is 2.36. The largest absolute Gasteiger partial charge is 0.458 e. The first-order chi connectivity index (χ1) is 9.10. The van der Waals surface area contributed by atoms with Crippen LogP contribution in [0.2, 0.25) is 5.02 Å². The lowest BCUT2D eigenvalue weighted by Crippen LogP contribution is -2.42. The number of halogens is 1. The Morgan fingerprint density at radius 3 is 2.74 bits per heavy atom. The molecule has 1 aliphatic heterocycles. The molecular formula is C15H18ClNO2. The van der Waals surface area contributed by atoms with Crippen LogP contribution in [0.4, 0.5) is 0 Å². The first-order valence-electron chi connectivity index (χ1n) is 6.75. The zero-order valence-corrected chi connectivity index (χ0v) is 11.8. The molecule has 1 aliphatic rings. The number of likely N-dealkylation sites (tertiary alicyclic amines) is 1. The minimum atomic E-state index is -0.836. The number of nitrogens with zero attached hydrogens (tertiary/aromatic N) is 1. The topological polar surface area (TPSA) is 36.6 Å². The fourth-order valence-electron chi connectivity index (χ4n) is 2.73. The molecule has 0 atom stereocenters. The van der Waals surface area contributed by atoms with Gasteiger partial charge in [-0.3, -0.25) is 0 Å². The van der Waals surface area contributed by atoms with Gasteiger partial charge in [-0.15, -0.1) is 0 Å². The van der Waals surface area contributed by atoms with Gasteiger partial charge in [0.25, 0.3) is 0 Å². The van der Waals surface area contributed by atoms with Crippen LogP contribution in [-0.4, -0.2) is 29.6 Å². The molecule has 3 nitrogen and oxygen atoms in total. The number of piperidine rings is 1. The van der Waals surface area contributed by atoms with Crippen LogP contribution < -0.4 is 0 Å². The molecule has 2 aromatic rings. The SMILES string of the molecule is CCN1CCC(O)(c2cc3cc(Cl)ccc3o2)CC1. The van der Waals surface area contributed by atoms with E-state index >= 15 is 0 Å². The Morgan fingerprint density at radius 2 is 2.05 bits per heavy atom. The molecule has 0 unspecified atom stereocenters. The van der Waals surface area contributed by atoms with Gasteiger partial charge in [0.05, 0.1) is 0 Å². The Kier molecular flexibility index (Phi) is 3.29. The molecule has 0 spiro atoms. The third-order valence-electron chi connectivity index (χ3n) is 4.07. The van der Waals surface area contributed by atoms with Crippen LogP contribution in [0.5, 0.6) is 0 Å². The first kappa shape index (κ1) is 13.0. The van der Waals surface area contributed by atoms with Crippen molar-refractivity contribution in [3.63, 3.8) is 0 Å². The Morgan fingerprint density at radius 1 is 1.32 bits per heavy atom. The van der Waals surface area contributed by atoms with E-state index in [0.717, 1.165) is 30.6 Å². The van der Waals surface area contributed by atoms with Gasteiger partial charge in [-0.2, -0.15) is 0 Å². The molecule has 102 valence electrons. The molecule has 0 aliphatic carbocycles. The van der Waals surface area contributed by atoms with Crippen LogP contribution in [0.15, 0.2) is 28.7 Å². The zero-order valence-electron chi connectivity index (χ0n) is 11.0. The van der Waals surface area contributed by atoms with Gasteiger partial charge in [0, 0.05) is 23.5 Å². The summed E-state index contributed by atoms with van der Waals surface area (Å²) in [6, 6.07) is 7.45. The number of hydrogen-bond acceptors (Lipinski definition) is 3. The summed E-state index contributed by atoms with van der Waals surface area (Å²) in [5.74, 6) is 0.667. The predicted octanol–water partition coefficient (Wildman–Crippen LogP) is 3.39. The molecule has 4 heteroatoms. The summed E-state index contributed by atoms with van der Waals surface area (Å²) >= 11 is 5.98. The Bertz CT molecular complexity index is 585. The van der Waals surface area contributed by atoms with E-state index in [1.165, 1.54) is 0 Å². The second-order valence-corrected chi connectivity index (χ2v) is 5.70. The maximum absolute atomic E-state index is 10.8. The number of benzene rings is 1. The van der Waals surface area contributed by atoms with Gasteiger partial charge >= 0.3 is 0 Å². The lowest BCUT2D eigenvalue weighted by molar-refractivity contribution is -0.0399. The van der Waals surface area contributed by atoms with Gasteiger partial charge in [0.2, 0.25) is 0 Å². The second kappa shape index (κ2) is 4.82. The molecule has 0 saturated carbocycles. The molecule has 1 aromatic carbocycles. The van der Waals surface area contributed by atoms with Crippen LogP contribution in [0.25, 0.3) is 11.0 Å². The molecule has 19 heavy (non-hydrogen) atoms. The third kappa shape index (κ3) is 2.38. The van der Waals surface area contributed by atoms with Gasteiger partial charge in [-0.1, -0.05) is 18.5 Å². The van der Waals surface area contributed by atoms with Gasteiger partial charge < -0.3 is 14.4 Å². The monoisotopic (exact) mass is 279 g/mol. The maximum Gasteiger partial charge on any atom is 0.136 e. The van der Waals surface area contributed by atoms with Crippen molar-refractivity contribution in [1.29, 1.82) is 0 Å². The van der Waals surface area contributed by atoms with E-state index in [1.54, 1.807) is 6.07 Å². The maximum atomic E-state index is 10.8. The van der Waals surface area contributed by atoms with Crippen molar-refractivity contribution in [3.05, 3.63) is 35.0 Å². The standard InChI is InChI=1S/C15H18ClNO2/c1-2-17-7-5-15(18,6-8-17)14-10-11-9-12(16)3-4-13(11)19-14/h3-4,9-10,18H,2,5-8H2,1H3. The third-order valence-corrected chi connectivity index (χ3v) is 4.30. The summed E-state index contributed by atoms with van der Waals surface area (Å²) in [4.78, 5) is 2.34. The predicted molar refractivity (Wildman–Crippen MR) is 76.5 cm³/mol. The minimum absolute atomic E-state index is 0.667. The summed E-state index contributed by atoms with van der Waals surface area (Å²) in [5.41, 5.74) is -0.0530. The smallest absolute Gasteiger partial charge is 0.136 e. The van der Waals surface area contributed by atoms with Crippen LogP contribution in [0, 0.1) is 0 Å². The molecule has 1 N–H and O–H groups in total. The minimum Gasteiger partial charge on any atom is -0.458 e. The van der Waals surface area contributed by atoms with Crippen LogP contribution in [-0.2, 0) is 5.60 Å². The molecular weight excluding hydrogens is 262 g/mol. The van der Waals surface area contributed by atoms with E-state index in [0.29, 0.717) is 23.6 Å². The second-order valence-electron chi connectivity index (χ2n) is 5.26. The molecule has 3 rings (SSSR count). The van der Waals surface area contributed by atoms with Crippen molar-refractivity contribution in [1.82, 2.24) is 4.90 Å². The van der Waals surface area contributed by atoms with Crippen molar-refractivity contribution in [2.75, 3.05) is 19.6 Å². The van der Waals surface area contributed by atoms with Gasteiger partial charge in [0.15, 0.2) is 0 Å². The van der Waals surface area contributed by atoms with Crippen LogP contribution >= 0.6 is 11.6 Å². The van der Waals surface area contributed by atoms with Crippen molar-refractivity contribution < 1.29 is 9.52 Å². The van der Waals surface area contributed by atoms with Crippen molar-refractivity contribution in [3.8, 4) is 0 Å². The summed E-state index contributed by atoms with van der Waals surface area (Å²) in [6.07, 6.45) is 1.43. The van der Waals surface area contributed by atoms with Crippen molar-refractivity contribution >= 4 is 22.6 Å². The fourth-order valence-corrected chi connectivity index (χ4v) is 2.91. The normalized spacial score (nSPS) is 19.9. The number of hydrogen-bond donors (Lipinski definition) is 1. The average molecular weight is 280 g/mol. The van der Waals surface area contributed by atoms with Crippen molar-refractivity contribution in [2.45, 2.75) is 25.4 Å². The first-order valence-corrected chi connectivity index (χ1v) is 7.13. The highest BCUT2D eigenvalue weighted by molar-refractivity contribution is 6.31. The molecule has 1 fully saturated rings. The Hall–Kier alpha value is -1.03. The van der Waals surface area contributed by atoms with Crippen LogP contribution in [0.3, 0.4) is 0 Å². The number of aliphatic hydroxyl groups is 1. The highest BCUT2D eigenvalue weighted by atomic mass is 35.5. The number of furan rings is 1. The van der Waals surface area contributed by atoms with E-state index in [-0.39, 0.29) is 0 Å². The highest BCUT2D eigenvalue weighted by Crippen LogP contribution is 2.36. The molecule has 0 radical (unpaired) electrons. The van der Waals surface area contributed by atoms with E-state index in [9.17, 15) is 5.11 Å². The Labute approximate surface area is 117 Å². The average Bonchev–Trinajstić information content (AvgIpc) is 2.83. The van der Waals surface area contributed by atoms with E-state index in [4.69, 9.17) is 16.0 Å². The fraction of sp³-hybridized carbons (Fsp3) is 0.467. The van der Waals surface area contributed by atoms with E-state index < -0.39 is 5.60 Å². The molecule has 0 amide bonds.